The fourth-order valence-electron chi connectivity index (χ4n) is 2.64. The molecule has 0 radical (unpaired) electrons. The summed E-state index contributed by atoms with van der Waals surface area (Å²) >= 11 is 0. The SMILES string of the molecule is CN1C(N)=NC(c2ccccc2)=CC1(C)c1ccccc1. The molecule has 3 nitrogen and oxygen atoms in total. The van der Waals surface area contributed by atoms with Crippen LogP contribution in [0.25, 0.3) is 5.70 Å². The van der Waals surface area contributed by atoms with Crippen molar-refractivity contribution in [2.24, 2.45) is 10.7 Å². The van der Waals surface area contributed by atoms with Gasteiger partial charge < -0.3 is 10.6 Å². The van der Waals surface area contributed by atoms with E-state index < -0.39 is 0 Å². The number of rotatable bonds is 2. The van der Waals surface area contributed by atoms with Crippen LogP contribution in [-0.4, -0.2) is 17.9 Å². The van der Waals surface area contributed by atoms with Crippen LogP contribution < -0.4 is 5.73 Å². The Balaban J connectivity index is 2.13. The van der Waals surface area contributed by atoms with E-state index in [9.17, 15) is 0 Å². The highest BCUT2D eigenvalue weighted by molar-refractivity contribution is 5.88. The third kappa shape index (κ3) is 2.31. The molecule has 2 aromatic rings. The van der Waals surface area contributed by atoms with Crippen molar-refractivity contribution >= 4 is 11.7 Å². The number of likely N-dealkylation sites (N-methyl/N-ethyl adjacent to an activating group) is 1. The monoisotopic (exact) mass is 277 g/mol. The minimum atomic E-state index is -0.307. The Kier molecular flexibility index (Phi) is 3.26. The van der Waals surface area contributed by atoms with Crippen molar-refractivity contribution in [3.05, 3.63) is 77.9 Å². The Morgan fingerprint density at radius 1 is 0.952 bits per heavy atom. The first-order valence-corrected chi connectivity index (χ1v) is 7.03. The molecule has 1 aliphatic heterocycles. The number of hydrogen-bond donors (Lipinski definition) is 1. The lowest BCUT2D eigenvalue weighted by molar-refractivity contribution is 0.293. The molecule has 0 aliphatic carbocycles. The first kappa shape index (κ1) is 13.4. The second kappa shape index (κ2) is 5.09. The van der Waals surface area contributed by atoms with E-state index in [-0.39, 0.29) is 5.54 Å². The summed E-state index contributed by atoms with van der Waals surface area (Å²) < 4.78 is 0. The van der Waals surface area contributed by atoms with Crippen molar-refractivity contribution in [3.8, 4) is 0 Å². The van der Waals surface area contributed by atoms with Crippen LogP contribution in [0.15, 0.2) is 71.7 Å². The lowest BCUT2D eigenvalue weighted by Gasteiger charge is -2.40. The summed E-state index contributed by atoms with van der Waals surface area (Å²) in [6.45, 7) is 2.16. The standard InChI is InChI=1S/C18H19N3/c1-18(15-11-7-4-8-12-15)13-16(20-17(19)21(18)2)14-9-5-3-6-10-14/h3-13H,1-2H3,(H2,19,20). The van der Waals surface area contributed by atoms with Gasteiger partial charge >= 0.3 is 0 Å². The quantitative estimate of drug-likeness (QED) is 0.916. The summed E-state index contributed by atoms with van der Waals surface area (Å²) in [5.74, 6) is 0.530. The van der Waals surface area contributed by atoms with E-state index in [1.165, 1.54) is 5.56 Å². The Morgan fingerprint density at radius 3 is 2.14 bits per heavy atom. The first-order chi connectivity index (χ1) is 10.1. The van der Waals surface area contributed by atoms with Gasteiger partial charge in [-0.1, -0.05) is 60.7 Å². The lowest BCUT2D eigenvalue weighted by atomic mass is 9.87. The highest BCUT2D eigenvalue weighted by Crippen LogP contribution is 2.35. The van der Waals surface area contributed by atoms with Gasteiger partial charge in [-0.05, 0) is 18.6 Å². The second-order valence-electron chi connectivity index (χ2n) is 5.44. The number of benzene rings is 2. The third-order valence-electron chi connectivity index (χ3n) is 4.12. The topological polar surface area (TPSA) is 41.6 Å². The maximum absolute atomic E-state index is 6.15. The van der Waals surface area contributed by atoms with Crippen molar-refractivity contribution in [1.29, 1.82) is 0 Å². The number of aliphatic imine (C=N–C) groups is 1. The van der Waals surface area contributed by atoms with Gasteiger partial charge in [0.15, 0.2) is 5.96 Å². The summed E-state index contributed by atoms with van der Waals surface area (Å²) in [5.41, 5.74) is 9.03. The minimum absolute atomic E-state index is 0.307. The maximum atomic E-state index is 6.15. The van der Waals surface area contributed by atoms with Crippen LogP contribution >= 0.6 is 0 Å². The molecule has 0 bridgehead atoms. The number of guanidine groups is 1. The zero-order valence-corrected chi connectivity index (χ0v) is 12.3. The maximum Gasteiger partial charge on any atom is 0.197 e. The van der Waals surface area contributed by atoms with E-state index in [4.69, 9.17) is 5.73 Å². The molecule has 3 heteroatoms. The highest BCUT2D eigenvalue weighted by atomic mass is 15.3. The van der Waals surface area contributed by atoms with E-state index >= 15 is 0 Å². The molecule has 0 aromatic heterocycles. The van der Waals surface area contributed by atoms with Crippen molar-refractivity contribution in [3.63, 3.8) is 0 Å². The van der Waals surface area contributed by atoms with Gasteiger partial charge in [0.2, 0.25) is 0 Å². The zero-order valence-electron chi connectivity index (χ0n) is 12.3. The molecule has 2 aromatic carbocycles. The van der Waals surface area contributed by atoms with Gasteiger partial charge in [0, 0.05) is 12.6 Å². The fraction of sp³-hybridized carbons (Fsp3) is 0.167. The van der Waals surface area contributed by atoms with E-state index in [1.807, 2.05) is 48.3 Å². The number of nitrogens with zero attached hydrogens (tertiary/aromatic N) is 2. The van der Waals surface area contributed by atoms with Crippen LogP contribution in [0, 0.1) is 0 Å². The summed E-state index contributed by atoms with van der Waals surface area (Å²) in [4.78, 5) is 6.54. The molecular formula is C18H19N3. The van der Waals surface area contributed by atoms with Gasteiger partial charge in [-0.3, -0.25) is 0 Å². The minimum Gasteiger partial charge on any atom is -0.369 e. The Hall–Kier alpha value is -2.55. The van der Waals surface area contributed by atoms with Crippen LogP contribution in [0.3, 0.4) is 0 Å². The summed E-state index contributed by atoms with van der Waals surface area (Å²) in [5, 5.41) is 0. The van der Waals surface area contributed by atoms with Gasteiger partial charge in [-0.2, -0.15) is 0 Å². The molecule has 1 atom stereocenters. The van der Waals surface area contributed by atoms with E-state index in [1.54, 1.807) is 0 Å². The van der Waals surface area contributed by atoms with Crippen molar-refractivity contribution < 1.29 is 0 Å². The molecule has 0 fully saturated rings. The molecule has 1 heterocycles. The van der Waals surface area contributed by atoms with Crippen LogP contribution in [-0.2, 0) is 5.54 Å². The van der Waals surface area contributed by atoms with Gasteiger partial charge in [-0.25, -0.2) is 4.99 Å². The first-order valence-electron chi connectivity index (χ1n) is 7.03. The van der Waals surface area contributed by atoms with Crippen molar-refractivity contribution in [1.82, 2.24) is 4.90 Å². The van der Waals surface area contributed by atoms with Gasteiger partial charge in [0.1, 0.15) is 0 Å². The normalized spacial score (nSPS) is 21.7. The molecule has 106 valence electrons. The average Bonchev–Trinajstić information content (AvgIpc) is 2.54. The highest BCUT2D eigenvalue weighted by Gasteiger charge is 2.34. The zero-order chi connectivity index (χ0) is 14.9. The molecule has 21 heavy (non-hydrogen) atoms. The number of hydrogen-bond acceptors (Lipinski definition) is 3. The molecule has 2 N–H and O–H groups in total. The Morgan fingerprint density at radius 2 is 1.52 bits per heavy atom. The van der Waals surface area contributed by atoms with Crippen molar-refractivity contribution in [2.45, 2.75) is 12.5 Å². The van der Waals surface area contributed by atoms with Crippen LogP contribution in [0.4, 0.5) is 0 Å². The van der Waals surface area contributed by atoms with Crippen molar-refractivity contribution in [2.75, 3.05) is 7.05 Å². The fourth-order valence-corrected chi connectivity index (χ4v) is 2.64. The largest absolute Gasteiger partial charge is 0.369 e. The Labute approximate surface area is 125 Å². The summed E-state index contributed by atoms with van der Waals surface area (Å²) in [7, 11) is 1.98. The van der Waals surface area contributed by atoms with Gasteiger partial charge in [0.25, 0.3) is 0 Å². The molecule has 1 aliphatic rings. The lowest BCUT2D eigenvalue weighted by Crippen LogP contribution is -2.49. The van der Waals surface area contributed by atoms with E-state index in [2.05, 4.69) is 42.3 Å². The summed E-state index contributed by atoms with van der Waals surface area (Å²) in [6.07, 6.45) is 2.17. The third-order valence-corrected chi connectivity index (χ3v) is 4.12. The molecule has 1 unspecified atom stereocenters. The molecule has 0 spiro atoms. The van der Waals surface area contributed by atoms with Crippen LogP contribution in [0.5, 0.6) is 0 Å². The van der Waals surface area contributed by atoms with Gasteiger partial charge in [-0.15, -0.1) is 0 Å². The Bertz CT molecular complexity index is 689. The molecule has 0 saturated heterocycles. The van der Waals surface area contributed by atoms with Crippen LogP contribution in [0.2, 0.25) is 0 Å². The smallest absolute Gasteiger partial charge is 0.197 e. The van der Waals surface area contributed by atoms with Gasteiger partial charge in [0.05, 0.1) is 11.2 Å². The second-order valence-corrected chi connectivity index (χ2v) is 5.44. The average molecular weight is 277 g/mol. The summed E-state index contributed by atoms with van der Waals surface area (Å²) in [6, 6.07) is 20.5. The predicted octanol–water partition coefficient (Wildman–Crippen LogP) is 3.20. The molecule has 3 rings (SSSR count). The van der Waals surface area contributed by atoms with Crippen LogP contribution in [0.1, 0.15) is 18.1 Å². The van der Waals surface area contributed by atoms with E-state index in [0.29, 0.717) is 5.96 Å². The molecule has 0 amide bonds. The molecule has 0 saturated carbocycles. The predicted molar refractivity (Wildman–Crippen MR) is 87.6 cm³/mol. The number of nitrogens with two attached hydrogens (primary N) is 1. The molecular weight excluding hydrogens is 258 g/mol. The van der Waals surface area contributed by atoms with E-state index in [0.717, 1.165) is 11.3 Å².